The third-order valence-electron chi connectivity index (χ3n) is 4.42. The summed E-state index contributed by atoms with van der Waals surface area (Å²) in [6.07, 6.45) is 0. The molecule has 3 aromatic rings. The van der Waals surface area contributed by atoms with Crippen molar-refractivity contribution in [3.05, 3.63) is 95.1 Å². The second-order valence-electron chi connectivity index (χ2n) is 5.99. The lowest BCUT2D eigenvalue weighted by atomic mass is 9.88. The Morgan fingerprint density at radius 1 is 0.923 bits per heavy atom. The molecule has 0 fully saturated rings. The first-order valence-electron chi connectivity index (χ1n) is 8.28. The van der Waals surface area contributed by atoms with Gasteiger partial charge in [0.05, 0.1) is 11.6 Å². The van der Waals surface area contributed by atoms with Crippen molar-refractivity contribution in [1.82, 2.24) is 0 Å². The third-order valence-corrected chi connectivity index (χ3v) is 4.42. The summed E-state index contributed by atoms with van der Waals surface area (Å²) in [6.45, 7) is 0.0598. The second kappa shape index (κ2) is 6.73. The van der Waals surface area contributed by atoms with Gasteiger partial charge in [-0.2, -0.15) is 5.26 Å². The van der Waals surface area contributed by atoms with Gasteiger partial charge >= 0.3 is 5.97 Å². The summed E-state index contributed by atoms with van der Waals surface area (Å²) in [7, 11) is 0. The van der Waals surface area contributed by atoms with E-state index in [1.165, 1.54) is 0 Å². The number of nitriles is 1. The third kappa shape index (κ3) is 2.80. The van der Waals surface area contributed by atoms with Crippen molar-refractivity contribution in [2.75, 3.05) is 0 Å². The quantitative estimate of drug-likeness (QED) is 0.656. The average Bonchev–Trinajstić information content (AvgIpc) is 2.70. The maximum atomic E-state index is 12.9. The van der Waals surface area contributed by atoms with Gasteiger partial charge in [-0.15, -0.1) is 0 Å². The Bertz CT molecular complexity index is 974. The first kappa shape index (κ1) is 15.9. The van der Waals surface area contributed by atoms with Crippen LogP contribution in [0, 0.1) is 11.3 Å². The number of hydrogen-bond acceptors (Lipinski definition) is 4. The summed E-state index contributed by atoms with van der Waals surface area (Å²) in [4.78, 5) is 12.9. The molecule has 0 atom stereocenters. The highest BCUT2D eigenvalue weighted by Crippen LogP contribution is 2.44. The summed E-state index contributed by atoms with van der Waals surface area (Å²) < 4.78 is 11.5. The lowest BCUT2D eigenvalue weighted by Gasteiger charge is -2.26. The number of hydrogen-bond donors (Lipinski definition) is 0. The largest absolute Gasteiger partial charge is 0.460 e. The fraction of sp³-hybridized carbons (Fsp3) is 0.0909. The van der Waals surface area contributed by atoms with Crippen LogP contribution < -0.4 is 4.74 Å². The first-order chi connectivity index (χ1) is 12.8. The smallest absolute Gasteiger partial charge is 0.318 e. The molecule has 0 aliphatic carbocycles. The number of esters is 1. The molecular formula is C22H15NO3. The number of benzene rings is 3. The van der Waals surface area contributed by atoms with Crippen LogP contribution in [0.2, 0.25) is 0 Å². The molecule has 0 unspecified atom stereocenters. The van der Waals surface area contributed by atoms with Crippen LogP contribution in [0.15, 0.2) is 72.8 Å². The summed E-state index contributed by atoms with van der Waals surface area (Å²) in [5, 5.41) is 9.19. The molecule has 0 N–H and O–H groups in total. The standard InChI is InChI=1S/C22H15NO3/c23-13-15-7-1-2-8-16(15)14-25-22(24)21-17-9-3-5-11-19(17)26-20-12-6-4-10-18(20)21/h1-12,21H,14H2. The number of ether oxygens (including phenoxy) is 2. The van der Waals surface area contributed by atoms with Gasteiger partial charge in [-0.3, -0.25) is 4.79 Å². The van der Waals surface area contributed by atoms with E-state index in [0.717, 1.165) is 11.1 Å². The average molecular weight is 341 g/mol. The molecule has 4 rings (SSSR count). The highest BCUT2D eigenvalue weighted by atomic mass is 16.5. The van der Waals surface area contributed by atoms with Gasteiger partial charge in [0, 0.05) is 16.7 Å². The van der Waals surface area contributed by atoms with E-state index in [-0.39, 0.29) is 12.6 Å². The van der Waals surface area contributed by atoms with Gasteiger partial charge in [0.1, 0.15) is 24.0 Å². The lowest BCUT2D eigenvalue weighted by Crippen LogP contribution is -2.21. The van der Waals surface area contributed by atoms with E-state index in [4.69, 9.17) is 9.47 Å². The molecule has 4 nitrogen and oxygen atoms in total. The predicted molar refractivity (Wildman–Crippen MR) is 95.8 cm³/mol. The van der Waals surface area contributed by atoms with Crippen molar-refractivity contribution in [3.63, 3.8) is 0 Å². The first-order valence-corrected chi connectivity index (χ1v) is 8.28. The zero-order valence-corrected chi connectivity index (χ0v) is 13.9. The molecule has 4 heteroatoms. The van der Waals surface area contributed by atoms with Crippen LogP contribution in [0.1, 0.15) is 28.2 Å². The molecule has 1 heterocycles. The van der Waals surface area contributed by atoms with Crippen LogP contribution in [-0.4, -0.2) is 5.97 Å². The molecule has 0 bridgehead atoms. The fourth-order valence-corrected chi connectivity index (χ4v) is 3.15. The van der Waals surface area contributed by atoms with E-state index in [9.17, 15) is 10.1 Å². The van der Waals surface area contributed by atoms with Gasteiger partial charge in [0.25, 0.3) is 0 Å². The number of para-hydroxylation sites is 2. The molecule has 0 aromatic heterocycles. The van der Waals surface area contributed by atoms with E-state index in [1.54, 1.807) is 18.2 Å². The van der Waals surface area contributed by atoms with Gasteiger partial charge in [-0.05, 0) is 18.2 Å². The maximum absolute atomic E-state index is 12.9. The number of nitrogens with zero attached hydrogens (tertiary/aromatic N) is 1. The van der Waals surface area contributed by atoms with Gasteiger partial charge in [0.15, 0.2) is 0 Å². The van der Waals surface area contributed by atoms with Crippen LogP contribution in [0.3, 0.4) is 0 Å². The molecular weight excluding hydrogens is 326 g/mol. The van der Waals surface area contributed by atoms with Crippen LogP contribution >= 0.6 is 0 Å². The van der Waals surface area contributed by atoms with Crippen molar-refractivity contribution in [2.24, 2.45) is 0 Å². The Morgan fingerprint density at radius 2 is 1.50 bits per heavy atom. The van der Waals surface area contributed by atoms with E-state index >= 15 is 0 Å². The van der Waals surface area contributed by atoms with Crippen LogP contribution in [0.4, 0.5) is 0 Å². The van der Waals surface area contributed by atoms with E-state index < -0.39 is 5.92 Å². The van der Waals surface area contributed by atoms with Crippen LogP contribution in [0.5, 0.6) is 11.5 Å². The minimum absolute atomic E-state index is 0.0598. The summed E-state index contributed by atoms with van der Waals surface area (Å²) in [5.74, 6) is 0.405. The van der Waals surface area contributed by atoms with Crippen molar-refractivity contribution in [2.45, 2.75) is 12.5 Å². The Balaban J connectivity index is 1.65. The van der Waals surface area contributed by atoms with Crippen LogP contribution in [0.25, 0.3) is 0 Å². The van der Waals surface area contributed by atoms with Gasteiger partial charge < -0.3 is 9.47 Å². The van der Waals surface area contributed by atoms with Crippen LogP contribution in [-0.2, 0) is 16.1 Å². The monoisotopic (exact) mass is 341 g/mol. The highest BCUT2D eigenvalue weighted by Gasteiger charge is 2.33. The van der Waals surface area contributed by atoms with E-state index in [0.29, 0.717) is 22.6 Å². The molecule has 0 amide bonds. The predicted octanol–water partition coefficient (Wildman–Crippen LogP) is 4.54. The SMILES string of the molecule is N#Cc1ccccc1COC(=O)C1c2ccccc2Oc2ccccc21. The molecule has 1 aliphatic rings. The Kier molecular flexibility index (Phi) is 4.12. The number of rotatable bonds is 3. The lowest BCUT2D eigenvalue weighted by molar-refractivity contribution is -0.145. The minimum atomic E-state index is -0.551. The topological polar surface area (TPSA) is 59.3 Å². The zero-order valence-electron chi connectivity index (χ0n) is 13.9. The molecule has 0 radical (unpaired) electrons. The van der Waals surface area contributed by atoms with Crippen molar-refractivity contribution < 1.29 is 14.3 Å². The molecule has 0 saturated carbocycles. The number of carbonyl (C=O) groups is 1. The summed E-state index contributed by atoms with van der Waals surface area (Å²) in [5.41, 5.74) is 2.76. The van der Waals surface area contributed by atoms with Gasteiger partial charge in [-0.1, -0.05) is 54.6 Å². The number of carbonyl (C=O) groups excluding carboxylic acids is 1. The molecule has 3 aromatic carbocycles. The molecule has 126 valence electrons. The molecule has 0 saturated heterocycles. The Morgan fingerprint density at radius 3 is 2.15 bits per heavy atom. The maximum Gasteiger partial charge on any atom is 0.318 e. The normalized spacial score (nSPS) is 12.3. The van der Waals surface area contributed by atoms with E-state index in [2.05, 4.69) is 6.07 Å². The highest BCUT2D eigenvalue weighted by molar-refractivity contribution is 5.85. The van der Waals surface area contributed by atoms with Gasteiger partial charge in [0.2, 0.25) is 0 Å². The van der Waals surface area contributed by atoms with Crippen molar-refractivity contribution in [1.29, 1.82) is 5.26 Å². The number of fused-ring (bicyclic) bond motifs is 2. The molecule has 0 spiro atoms. The molecule has 26 heavy (non-hydrogen) atoms. The molecule has 1 aliphatic heterocycles. The van der Waals surface area contributed by atoms with E-state index in [1.807, 2.05) is 54.6 Å². The zero-order chi connectivity index (χ0) is 17.9. The van der Waals surface area contributed by atoms with Crippen molar-refractivity contribution >= 4 is 5.97 Å². The van der Waals surface area contributed by atoms with Gasteiger partial charge in [-0.25, -0.2) is 0 Å². The minimum Gasteiger partial charge on any atom is -0.460 e. The summed E-state index contributed by atoms with van der Waals surface area (Å²) in [6, 6.07) is 24.2. The fourth-order valence-electron chi connectivity index (χ4n) is 3.15. The second-order valence-corrected chi connectivity index (χ2v) is 5.99. The van der Waals surface area contributed by atoms with Crippen molar-refractivity contribution in [3.8, 4) is 17.6 Å². The Hall–Kier alpha value is -3.58. The summed E-state index contributed by atoms with van der Waals surface area (Å²) >= 11 is 0. The Labute approximate surface area is 151 Å².